The van der Waals surface area contributed by atoms with Crippen LogP contribution in [0.5, 0.6) is 0 Å². The molecule has 0 bridgehead atoms. The third-order valence-electron chi connectivity index (χ3n) is 3.82. The van der Waals surface area contributed by atoms with E-state index in [1.165, 1.54) is 0 Å². The van der Waals surface area contributed by atoms with E-state index in [0.717, 1.165) is 38.8 Å². The van der Waals surface area contributed by atoms with Gasteiger partial charge in [0.25, 0.3) is 0 Å². The van der Waals surface area contributed by atoms with Crippen LogP contribution >= 0.6 is 0 Å². The molecule has 1 fully saturated rings. The minimum absolute atomic E-state index is 0.0118. The van der Waals surface area contributed by atoms with Crippen molar-refractivity contribution >= 4 is 9.84 Å². The van der Waals surface area contributed by atoms with Crippen molar-refractivity contribution in [1.29, 1.82) is 0 Å². The zero-order chi connectivity index (χ0) is 13.6. The number of rotatable bonds is 6. The van der Waals surface area contributed by atoms with Gasteiger partial charge in [-0.15, -0.1) is 0 Å². The Morgan fingerprint density at radius 1 is 1.33 bits per heavy atom. The first kappa shape index (κ1) is 15.9. The molecule has 1 heterocycles. The summed E-state index contributed by atoms with van der Waals surface area (Å²) in [7, 11) is -2.82. The molecule has 0 aromatic heterocycles. The summed E-state index contributed by atoms with van der Waals surface area (Å²) in [4.78, 5) is 2.19. The van der Waals surface area contributed by atoms with Crippen LogP contribution in [-0.2, 0) is 9.84 Å². The van der Waals surface area contributed by atoms with Crippen molar-refractivity contribution in [2.45, 2.75) is 38.1 Å². The summed E-state index contributed by atoms with van der Waals surface area (Å²) in [6, 6.07) is 0. The maximum absolute atomic E-state index is 11.5. The first-order chi connectivity index (χ1) is 8.41. The highest BCUT2D eigenvalue weighted by Crippen LogP contribution is 2.14. The Morgan fingerprint density at radius 2 is 2.06 bits per heavy atom. The molecule has 1 rings (SSSR count). The van der Waals surface area contributed by atoms with Crippen LogP contribution in [0.4, 0.5) is 0 Å². The quantitative estimate of drug-likeness (QED) is 0.714. The topological polar surface area (TPSA) is 83.6 Å². The van der Waals surface area contributed by atoms with E-state index in [-0.39, 0.29) is 12.4 Å². The molecule has 0 radical (unpaired) electrons. The summed E-state index contributed by atoms with van der Waals surface area (Å²) in [5.41, 5.74) is 5.55. The second-order valence-corrected chi connectivity index (χ2v) is 7.63. The molecule has 1 aliphatic rings. The fourth-order valence-electron chi connectivity index (χ4n) is 2.24. The Labute approximate surface area is 110 Å². The monoisotopic (exact) mass is 278 g/mol. The molecule has 0 aromatic carbocycles. The Hall–Kier alpha value is -0.170. The van der Waals surface area contributed by atoms with Gasteiger partial charge in [-0.1, -0.05) is 6.92 Å². The number of nitrogens with zero attached hydrogens (tertiary/aromatic N) is 1. The fraction of sp³-hybridized carbons (Fsp3) is 1.00. The van der Waals surface area contributed by atoms with Crippen LogP contribution < -0.4 is 5.73 Å². The van der Waals surface area contributed by atoms with Crippen molar-refractivity contribution in [2.24, 2.45) is 5.73 Å². The van der Waals surface area contributed by atoms with E-state index < -0.39 is 15.4 Å². The molecule has 0 aliphatic carbocycles. The van der Waals surface area contributed by atoms with Crippen LogP contribution in [0, 0.1) is 0 Å². The minimum Gasteiger partial charge on any atom is -0.394 e. The van der Waals surface area contributed by atoms with Gasteiger partial charge in [-0.3, -0.25) is 0 Å². The normalized spacial score (nSPS) is 24.4. The lowest BCUT2D eigenvalue weighted by Crippen LogP contribution is -2.43. The molecular weight excluding hydrogens is 252 g/mol. The van der Waals surface area contributed by atoms with Crippen LogP contribution in [0.15, 0.2) is 0 Å². The van der Waals surface area contributed by atoms with Gasteiger partial charge in [0.2, 0.25) is 0 Å². The zero-order valence-corrected chi connectivity index (χ0v) is 12.1. The van der Waals surface area contributed by atoms with Crippen LogP contribution in [-0.4, -0.2) is 61.7 Å². The lowest BCUT2D eigenvalue weighted by atomic mass is 9.92. The smallest absolute Gasteiger partial charge is 0.151 e. The molecule has 18 heavy (non-hydrogen) atoms. The van der Waals surface area contributed by atoms with Gasteiger partial charge >= 0.3 is 0 Å². The van der Waals surface area contributed by atoms with Gasteiger partial charge in [0.1, 0.15) is 0 Å². The standard InChI is InChI=1S/C12H26N2O3S/c1-2-12(13,11-15)5-3-6-14-7-4-9-18(16,17)10-8-14/h15H,2-11,13H2,1H3. The molecule has 3 N–H and O–H groups in total. The number of hydrogen-bond donors (Lipinski definition) is 2. The van der Waals surface area contributed by atoms with Crippen molar-refractivity contribution in [3.05, 3.63) is 0 Å². The third-order valence-corrected chi connectivity index (χ3v) is 5.53. The van der Waals surface area contributed by atoms with Crippen molar-refractivity contribution in [3.63, 3.8) is 0 Å². The summed E-state index contributed by atoms with van der Waals surface area (Å²) in [6.07, 6.45) is 3.18. The maximum Gasteiger partial charge on any atom is 0.151 e. The van der Waals surface area contributed by atoms with E-state index in [0.29, 0.717) is 12.3 Å². The highest BCUT2D eigenvalue weighted by molar-refractivity contribution is 7.91. The predicted molar refractivity (Wildman–Crippen MR) is 73.2 cm³/mol. The Bertz CT molecular complexity index is 339. The van der Waals surface area contributed by atoms with Gasteiger partial charge in [-0.05, 0) is 38.8 Å². The Morgan fingerprint density at radius 3 is 2.67 bits per heavy atom. The van der Waals surface area contributed by atoms with Gasteiger partial charge in [0, 0.05) is 12.1 Å². The second kappa shape index (κ2) is 6.84. The number of aliphatic hydroxyl groups is 1. The Balaban J connectivity index is 2.32. The summed E-state index contributed by atoms with van der Waals surface area (Å²) in [5.74, 6) is 0.588. The van der Waals surface area contributed by atoms with E-state index in [4.69, 9.17) is 5.73 Å². The minimum atomic E-state index is -2.82. The molecule has 6 heteroatoms. The summed E-state index contributed by atoms with van der Waals surface area (Å²) < 4.78 is 22.9. The first-order valence-corrected chi connectivity index (χ1v) is 8.55. The summed E-state index contributed by atoms with van der Waals surface area (Å²) >= 11 is 0. The average molecular weight is 278 g/mol. The molecule has 0 saturated carbocycles. The molecule has 1 atom stereocenters. The van der Waals surface area contributed by atoms with Gasteiger partial charge in [-0.25, -0.2) is 8.42 Å². The van der Waals surface area contributed by atoms with Crippen LogP contribution in [0.25, 0.3) is 0 Å². The zero-order valence-electron chi connectivity index (χ0n) is 11.3. The summed E-state index contributed by atoms with van der Waals surface area (Å²) in [6.45, 7) is 4.34. The number of aliphatic hydroxyl groups excluding tert-OH is 1. The number of nitrogens with two attached hydrogens (primary N) is 1. The largest absolute Gasteiger partial charge is 0.394 e. The molecule has 5 nitrogen and oxygen atoms in total. The third kappa shape index (κ3) is 5.22. The SMILES string of the molecule is CCC(N)(CO)CCCN1CCCS(=O)(=O)CC1. The van der Waals surface area contributed by atoms with Crippen LogP contribution in [0.3, 0.4) is 0 Å². The summed E-state index contributed by atoms with van der Waals surface area (Å²) in [5, 5.41) is 9.22. The second-order valence-electron chi connectivity index (χ2n) is 5.32. The molecular formula is C12H26N2O3S. The van der Waals surface area contributed by atoms with E-state index in [2.05, 4.69) is 4.90 Å². The molecule has 1 saturated heterocycles. The van der Waals surface area contributed by atoms with Crippen molar-refractivity contribution in [3.8, 4) is 0 Å². The average Bonchev–Trinajstić information content (AvgIpc) is 2.51. The van der Waals surface area contributed by atoms with Crippen LogP contribution in [0.2, 0.25) is 0 Å². The predicted octanol–water partition coefficient (Wildman–Crippen LogP) is -0.0131. The van der Waals surface area contributed by atoms with E-state index in [1.807, 2.05) is 6.92 Å². The molecule has 1 aliphatic heterocycles. The van der Waals surface area contributed by atoms with Gasteiger partial charge in [0.05, 0.1) is 18.1 Å². The molecule has 0 spiro atoms. The molecule has 0 aromatic rings. The molecule has 108 valence electrons. The van der Waals surface area contributed by atoms with Gasteiger partial charge in [-0.2, -0.15) is 0 Å². The lowest BCUT2D eigenvalue weighted by molar-refractivity contribution is 0.173. The highest BCUT2D eigenvalue weighted by Gasteiger charge is 2.22. The number of sulfone groups is 1. The number of hydrogen-bond acceptors (Lipinski definition) is 5. The van der Waals surface area contributed by atoms with Crippen LogP contribution in [0.1, 0.15) is 32.6 Å². The highest BCUT2D eigenvalue weighted by atomic mass is 32.2. The fourth-order valence-corrected chi connectivity index (χ4v) is 3.55. The van der Waals surface area contributed by atoms with E-state index >= 15 is 0 Å². The Kier molecular flexibility index (Phi) is 6.04. The van der Waals surface area contributed by atoms with E-state index in [9.17, 15) is 13.5 Å². The first-order valence-electron chi connectivity index (χ1n) is 6.73. The van der Waals surface area contributed by atoms with E-state index in [1.54, 1.807) is 0 Å². The van der Waals surface area contributed by atoms with Crippen molar-refractivity contribution in [2.75, 3.05) is 37.7 Å². The van der Waals surface area contributed by atoms with Crippen molar-refractivity contribution in [1.82, 2.24) is 4.90 Å². The molecule has 1 unspecified atom stereocenters. The lowest BCUT2D eigenvalue weighted by Gasteiger charge is -2.27. The van der Waals surface area contributed by atoms with Gasteiger partial charge in [0.15, 0.2) is 9.84 Å². The molecule has 0 amide bonds. The maximum atomic E-state index is 11.5. The van der Waals surface area contributed by atoms with Crippen molar-refractivity contribution < 1.29 is 13.5 Å². The van der Waals surface area contributed by atoms with Gasteiger partial charge < -0.3 is 15.7 Å².